The van der Waals surface area contributed by atoms with E-state index in [4.69, 9.17) is 9.47 Å². The maximum atomic E-state index is 12.0. The number of esters is 1. The molecule has 6 nitrogen and oxygen atoms in total. The molecule has 20 heavy (non-hydrogen) atoms. The lowest BCUT2D eigenvalue weighted by Gasteiger charge is -2.13. The van der Waals surface area contributed by atoms with E-state index < -0.39 is 5.97 Å². The molecule has 2 aromatic heterocycles. The highest BCUT2D eigenvalue weighted by molar-refractivity contribution is 7.13. The molecule has 7 heteroatoms. The summed E-state index contributed by atoms with van der Waals surface area (Å²) < 4.78 is 11.9. The van der Waals surface area contributed by atoms with Crippen LogP contribution in [0.5, 0.6) is 0 Å². The van der Waals surface area contributed by atoms with Gasteiger partial charge in [-0.1, -0.05) is 11.3 Å². The van der Waals surface area contributed by atoms with Crippen LogP contribution in [0.3, 0.4) is 0 Å². The Bertz CT molecular complexity index is 565. The molecule has 0 radical (unpaired) electrons. The first-order chi connectivity index (χ1) is 9.69. The van der Waals surface area contributed by atoms with E-state index >= 15 is 0 Å². The van der Waals surface area contributed by atoms with Gasteiger partial charge in [0.2, 0.25) is 0 Å². The van der Waals surface area contributed by atoms with Gasteiger partial charge in [-0.05, 0) is 25.3 Å². The Balaban J connectivity index is 2.46. The fourth-order valence-electron chi connectivity index (χ4n) is 1.89. The van der Waals surface area contributed by atoms with Gasteiger partial charge in [0.1, 0.15) is 5.69 Å². The van der Waals surface area contributed by atoms with Crippen LogP contribution in [0.25, 0.3) is 10.6 Å². The van der Waals surface area contributed by atoms with Gasteiger partial charge in [-0.3, -0.25) is 0 Å². The van der Waals surface area contributed by atoms with E-state index in [1.54, 1.807) is 18.7 Å². The summed E-state index contributed by atoms with van der Waals surface area (Å²) in [4.78, 5) is 12.9. The Kier molecular flexibility index (Phi) is 4.86. The number of ether oxygens (including phenoxy) is 2. The highest BCUT2D eigenvalue weighted by Crippen LogP contribution is 2.29. The molecule has 0 fully saturated rings. The average Bonchev–Trinajstić information content (AvgIpc) is 3.08. The van der Waals surface area contributed by atoms with Crippen molar-refractivity contribution in [1.29, 1.82) is 0 Å². The van der Waals surface area contributed by atoms with Gasteiger partial charge in [0, 0.05) is 7.11 Å². The van der Waals surface area contributed by atoms with Crippen LogP contribution in [0.2, 0.25) is 0 Å². The largest absolute Gasteiger partial charge is 0.461 e. The molecule has 0 amide bonds. The fourth-order valence-corrected chi connectivity index (χ4v) is 2.66. The van der Waals surface area contributed by atoms with E-state index in [0.29, 0.717) is 18.9 Å². The minimum Gasteiger partial charge on any atom is -0.461 e. The Labute approximate surface area is 121 Å². The maximum Gasteiger partial charge on any atom is 0.361 e. The van der Waals surface area contributed by atoms with E-state index in [2.05, 4.69) is 10.3 Å². The summed E-state index contributed by atoms with van der Waals surface area (Å²) in [7, 11) is 1.63. The van der Waals surface area contributed by atoms with Crippen molar-refractivity contribution in [3.8, 4) is 10.6 Å². The van der Waals surface area contributed by atoms with Crippen molar-refractivity contribution >= 4 is 17.3 Å². The lowest BCUT2D eigenvalue weighted by atomic mass is 10.2. The molecule has 1 atom stereocenters. The molecule has 108 valence electrons. The van der Waals surface area contributed by atoms with Crippen LogP contribution < -0.4 is 0 Å². The number of hydrogen-bond acceptors (Lipinski definition) is 6. The summed E-state index contributed by atoms with van der Waals surface area (Å²) in [5.41, 5.74) is 0.931. The van der Waals surface area contributed by atoms with Crippen LogP contribution in [0, 0.1) is 0 Å². The minimum absolute atomic E-state index is 0.0206. The summed E-state index contributed by atoms with van der Waals surface area (Å²) in [6.07, 6.45) is 0. The van der Waals surface area contributed by atoms with Gasteiger partial charge in [-0.15, -0.1) is 16.4 Å². The topological polar surface area (TPSA) is 66.2 Å². The van der Waals surface area contributed by atoms with Gasteiger partial charge < -0.3 is 9.47 Å². The van der Waals surface area contributed by atoms with E-state index in [-0.39, 0.29) is 11.7 Å². The SMILES string of the molecule is CCOC(=O)c1nnn(C(C)COC)c1-c1cccs1. The molecule has 2 rings (SSSR count). The van der Waals surface area contributed by atoms with Gasteiger partial charge >= 0.3 is 5.97 Å². The van der Waals surface area contributed by atoms with Crippen LogP contribution >= 0.6 is 11.3 Å². The predicted octanol–water partition coefficient (Wildman–Crippen LogP) is 2.39. The van der Waals surface area contributed by atoms with Crippen molar-refractivity contribution in [2.24, 2.45) is 0 Å². The molecule has 0 bridgehead atoms. The molecule has 0 aliphatic heterocycles. The lowest BCUT2D eigenvalue weighted by Crippen LogP contribution is -2.14. The van der Waals surface area contributed by atoms with Crippen LogP contribution in [0.1, 0.15) is 30.4 Å². The van der Waals surface area contributed by atoms with E-state index in [0.717, 1.165) is 4.88 Å². The first-order valence-corrected chi connectivity index (χ1v) is 7.22. The summed E-state index contributed by atoms with van der Waals surface area (Å²) in [6.45, 7) is 4.53. The summed E-state index contributed by atoms with van der Waals surface area (Å²) in [5, 5.41) is 10.0. The second kappa shape index (κ2) is 6.62. The third kappa shape index (κ3) is 2.88. The third-order valence-corrected chi connectivity index (χ3v) is 3.62. The van der Waals surface area contributed by atoms with Crippen molar-refractivity contribution in [2.45, 2.75) is 19.9 Å². The van der Waals surface area contributed by atoms with E-state index in [1.165, 1.54) is 11.3 Å². The Morgan fingerprint density at radius 3 is 2.95 bits per heavy atom. The van der Waals surface area contributed by atoms with Crippen LogP contribution in [-0.2, 0) is 9.47 Å². The predicted molar refractivity (Wildman–Crippen MR) is 75.9 cm³/mol. The number of rotatable bonds is 6. The second-order valence-electron chi connectivity index (χ2n) is 4.23. The van der Waals surface area contributed by atoms with Crippen LogP contribution in [-0.4, -0.2) is 41.3 Å². The monoisotopic (exact) mass is 295 g/mol. The molecule has 0 aliphatic carbocycles. The fraction of sp³-hybridized carbons (Fsp3) is 0.462. The number of methoxy groups -OCH3 is 1. The second-order valence-corrected chi connectivity index (χ2v) is 5.18. The lowest BCUT2D eigenvalue weighted by molar-refractivity contribution is 0.0520. The smallest absolute Gasteiger partial charge is 0.361 e. The van der Waals surface area contributed by atoms with Crippen molar-refractivity contribution in [2.75, 3.05) is 20.3 Å². The Morgan fingerprint density at radius 1 is 1.55 bits per heavy atom. The van der Waals surface area contributed by atoms with Crippen LogP contribution in [0.4, 0.5) is 0 Å². The molecule has 0 aliphatic rings. The standard InChI is InChI=1S/C13H17N3O3S/c1-4-19-13(17)11-12(10-6-5-7-20-10)16(15-14-11)9(2)8-18-3/h5-7,9H,4,8H2,1-3H3. The van der Waals surface area contributed by atoms with Crippen molar-refractivity contribution in [3.63, 3.8) is 0 Å². The van der Waals surface area contributed by atoms with E-state index in [1.807, 2.05) is 24.4 Å². The Morgan fingerprint density at radius 2 is 2.35 bits per heavy atom. The molecule has 1 unspecified atom stereocenters. The van der Waals surface area contributed by atoms with Gasteiger partial charge in [-0.2, -0.15) is 0 Å². The maximum absolute atomic E-state index is 12.0. The highest BCUT2D eigenvalue weighted by atomic mass is 32.1. The molecule has 0 aromatic carbocycles. The number of nitrogens with zero attached hydrogens (tertiary/aromatic N) is 3. The van der Waals surface area contributed by atoms with Crippen molar-refractivity contribution < 1.29 is 14.3 Å². The first kappa shape index (κ1) is 14.7. The normalized spacial score (nSPS) is 12.3. The van der Waals surface area contributed by atoms with Gasteiger partial charge in [-0.25, -0.2) is 9.48 Å². The zero-order chi connectivity index (χ0) is 14.5. The quantitative estimate of drug-likeness (QED) is 0.766. The first-order valence-electron chi connectivity index (χ1n) is 6.34. The summed E-state index contributed by atoms with van der Waals surface area (Å²) >= 11 is 1.53. The molecule has 0 saturated heterocycles. The van der Waals surface area contributed by atoms with Gasteiger partial charge in [0.05, 0.1) is 24.1 Å². The zero-order valence-corrected chi connectivity index (χ0v) is 12.5. The van der Waals surface area contributed by atoms with Crippen molar-refractivity contribution in [3.05, 3.63) is 23.2 Å². The number of hydrogen-bond donors (Lipinski definition) is 0. The average molecular weight is 295 g/mol. The molecule has 0 spiro atoms. The minimum atomic E-state index is -0.452. The third-order valence-electron chi connectivity index (χ3n) is 2.74. The Hall–Kier alpha value is -1.73. The molecular formula is C13H17N3O3S. The number of aromatic nitrogens is 3. The highest BCUT2D eigenvalue weighted by Gasteiger charge is 2.25. The number of carbonyl (C=O) groups is 1. The molecule has 2 heterocycles. The summed E-state index contributed by atoms with van der Waals surface area (Å²) in [6, 6.07) is 3.84. The zero-order valence-electron chi connectivity index (χ0n) is 11.7. The number of carbonyl (C=O) groups excluding carboxylic acids is 1. The molecular weight excluding hydrogens is 278 g/mol. The van der Waals surface area contributed by atoms with Gasteiger partial charge in [0.15, 0.2) is 5.69 Å². The van der Waals surface area contributed by atoms with E-state index in [9.17, 15) is 4.79 Å². The van der Waals surface area contributed by atoms with Crippen LogP contribution in [0.15, 0.2) is 17.5 Å². The molecule has 2 aromatic rings. The van der Waals surface area contributed by atoms with Crippen molar-refractivity contribution in [1.82, 2.24) is 15.0 Å². The molecule has 0 N–H and O–H groups in total. The molecule has 0 saturated carbocycles. The number of thiophene rings is 1. The summed E-state index contributed by atoms with van der Waals surface area (Å²) in [5.74, 6) is -0.452. The van der Waals surface area contributed by atoms with Gasteiger partial charge in [0.25, 0.3) is 0 Å².